The molecule has 2 aliphatic rings. The van der Waals surface area contributed by atoms with Crippen molar-refractivity contribution in [3.05, 3.63) is 0 Å². The van der Waals surface area contributed by atoms with E-state index in [1.54, 1.807) is 11.8 Å². The zero-order chi connectivity index (χ0) is 13.3. The Balaban J connectivity index is 1.83. The van der Waals surface area contributed by atoms with E-state index in [9.17, 15) is 9.59 Å². The van der Waals surface area contributed by atoms with E-state index in [4.69, 9.17) is 0 Å². The second-order valence-corrected chi connectivity index (χ2v) is 6.42. The van der Waals surface area contributed by atoms with Gasteiger partial charge in [-0.05, 0) is 18.3 Å². The quantitative estimate of drug-likeness (QED) is 0.810. The van der Waals surface area contributed by atoms with Gasteiger partial charge in [0.2, 0.25) is 11.8 Å². The Morgan fingerprint density at radius 2 is 1.89 bits per heavy atom. The van der Waals surface area contributed by atoms with Crippen LogP contribution in [0.5, 0.6) is 0 Å². The molecule has 2 amide bonds. The molecule has 1 atom stereocenters. The molecule has 18 heavy (non-hydrogen) atoms. The highest BCUT2D eigenvalue weighted by molar-refractivity contribution is 5.80. The maximum atomic E-state index is 12.3. The number of nitrogens with zero attached hydrogens (tertiary/aromatic N) is 1. The molecule has 0 bridgehead atoms. The lowest BCUT2D eigenvalue weighted by atomic mass is 9.68. The third-order valence-electron chi connectivity index (χ3n) is 4.50. The molecule has 0 aromatic rings. The first-order valence-corrected chi connectivity index (χ1v) is 6.96. The van der Waals surface area contributed by atoms with Crippen LogP contribution in [-0.2, 0) is 9.59 Å². The average Bonchev–Trinajstić information content (AvgIpc) is 2.21. The Kier molecular flexibility index (Phi) is 3.64. The zero-order valence-electron chi connectivity index (χ0n) is 11.7. The van der Waals surface area contributed by atoms with Gasteiger partial charge in [0.1, 0.15) is 0 Å². The minimum atomic E-state index is 0.0958. The first-order valence-electron chi connectivity index (χ1n) is 6.96. The van der Waals surface area contributed by atoms with Gasteiger partial charge < -0.3 is 10.2 Å². The predicted octanol–water partition coefficient (Wildman–Crippen LogP) is 1.55. The molecule has 4 heteroatoms. The van der Waals surface area contributed by atoms with Crippen LogP contribution >= 0.6 is 0 Å². The number of likely N-dealkylation sites (tertiary alicyclic amines) is 1. The van der Waals surface area contributed by atoms with E-state index < -0.39 is 0 Å². The number of hydrogen-bond acceptors (Lipinski definition) is 2. The third-order valence-corrected chi connectivity index (χ3v) is 4.50. The van der Waals surface area contributed by atoms with Gasteiger partial charge in [0.05, 0.1) is 6.04 Å². The predicted molar refractivity (Wildman–Crippen MR) is 69.9 cm³/mol. The first-order chi connectivity index (χ1) is 8.40. The van der Waals surface area contributed by atoms with Gasteiger partial charge in [0.15, 0.2) is 0 Å². The second-order valence-electron chi connectivity index (χ2n) is 6.42. The largest absolute Gasteiger partial charge is 0.350 e. The van der Waals surface area contributed by atoms with Gasteiger partial charge in [-0.2, -0.15) is 0 Å². The fourth-order valence-electron chi connectivity index (χ4n) is 3.11. The summed E-state index contributed by atoms with van der Waals surface area (Å²) in [7, 11) is 0. The molecule has 1 saturated heterocycles. The standard InChI is InChI=1S/C14H24N2O2/c1-10(17)16-8-11(9-16)15-13(18)12-6-4-5-7-14(12,2)3/h11-12H,4-9H2,1-3H3,(H,15,18). The van der Waals surface area contributed by atoms with Crippen LogP contribution < -0.4 is 5.32 Å². The van der Waals surface area contributed by atoms with E-state index in [2.05, 4.69) is 19.2 Å². The van der Waals surface area contributed by atoms with E-state index in [-0.39, 0.29) is 29.2 Å². The summed E-state index contributed by atoms with van der Waals surface area (Å²) < 4.78 is 0. The van der Waals surface area contributed by atoms with E-state index in [0.717, 1.165) is 19.3 Å². The highest BCUT2D eigenvalue weighted by Gasteiger charge is 2.39. The van der Waals surface area contributed by atoms with Crippen LogP contribution in [0.1, 0.15) is 46.5 Å². The number of rotatable bonds is 2. The fourth-order valence-corrected chi connectivity index (χ4v) is 3.11. The number of carbonyl (C=O) groups excluding carboxylic acids is 2. The molecule has 0 aromatic carbocycles. The van der Waals surface area contributed by atoms with Crippen molar-refractivity contribution in [2.24, 2.45) is 11.3 Å². The lowest BCUT2D eigenvalue weighted by Gasteiger charge is -2.42. The van der Waals surface area contributed by atoms with Crippen LogP contribution in [0.4, 0.5) is 0 Å². The Hall–Kier alpha value is -1.06. The summed E-state index contributed by atoms with van der Waals surface area (Å²) in [6.07, 6.45) is 4.53. The van der Waals surface area contributed by atoms with Crippen molar-refractivity contribution in [3.8, 4) is 0 Å². The van der Waals surface area contributed by atoms with Crippen molar-refractivity contribution in [2.45, 2.75) is 52.5 Å². The van der Waals surface area contributed by atoms with E-state index >= 15 is 0 Å². The zero-order valence-corrected chi connectivity index (χ0v) is 11.7. The summed E-state index contributed by atoms with van der Waals surface area (Å²) >= 11 is 0. The van der Waals surface area contributed by atoms with Gasteiger partial charge in [-0.25, -0.2) is 0 Å². The summed E-state index contributed by atoms with van der Waals surface area (Å²) in [5.41, 5.74) is 0.117. The maximum absolute atomic E-state index is 12.3. The Morgan fingerprint density at radius 3 is 2.44 bits per heavy atom. The molecule has 4 nitrogen and oxygen atoms in total. The van der Waals surface area contributed by atoms with Crippen LogP contribution in [-0.4, -0.2) is 35.8 Å². The van der Waals surface area contributed by atoms with Gasteiger partial charge in [-0.3, -0.25) is 9.59 Å². The molecule has 0 spiro atoms. The Labute approximate surface area is 109 Å². The topological polar surface area (TPSA) is 49.4 Å². The second kappa shape index (κ2) is 4.90. The Morgan fingerprint density at radius 1 is 1.22 bits per heavy atom. The summed E-state index contributed by atoms with van der Waals surface area (Å²) in [6.45, 7) is 7.31. The van der Waals surface area contributed by atoms with Crippen LogP contribution in [0.2, 0.25) is 0 Å². The molecule has 1 unspecified atom stereocenters. The van der Waals surface area contributed by atoms with Crippen LogP contribution in [0.15, 0.2) is 0 Å². The minimum Gasteiger partial charge on any atom is -0.350 e. The highest BCUT2D eigenvalue weighted by atomic mass is 16.2. The number of hydrogen-bond donors (Lipinski definition) is 1. The van der Waals surface area contributed by atoms with Gasteiger partial charge in [0, 0.05) is 25.9 Å². The monoisotopic (exact) mass is 252 g/mol. The lowest BCUT2D eigenvalue weighted by molar-refractivity contribution is -0.138. The summed E-state index contributed by atoms with van der Waals surface area (Å²) in [5.74, 6) is 0.420. The average molecular weight is 252 g/mol. The van der Waals surface area contributed by atoms with Crippen LogP contribution in [0, 0.1) is 11.3 Å². The molecule has 1 aliphatic heterocycles. The van der Waals surface area contributed by atoms with Crippen molar-refractivity contribution in [1.29, 1.82) is 0 Å². The van der Waals surface area contributed by atoms with Crippen LogP contribution in [0.3, 0.4) is 0 Å². The molecule has 2 fully saturated rings. The van der Waals surface area contributed by atoms with E-state index in [0.29, 0.717) is 13.1 Å². The molecule has 2 rings (SSSR count). The number of carbonyl (C=O) groups is 2. The number of nitrogens with one attached hydrogen (secondary N) is 1. The van der Waals surface area contributed by atoms with Crippen molar-refractivity contribution in [2.75, 3.05) is 13.1 Å². The van der Waals surface area contributed by atoms with Crippen molar-refractivity contribution < 1.29 is 9.59 Å². The summed E-state index contributed by atoms with van der Waals surface area (Å²) in [6, 6.07) is 0.166. The van der Waals surface area contributed by atoms with E-state index in [1.165, 1.54) is 6.42 Å². The van der Waals surface area contributed by atoms with Gasteiger partial charge in [0.25, 0.3) is 0 Å². The molecule has 0 radical (unpaired) electrons. The maximum Gasteiger partial charge on any atom is 0.223 e. The normalized spacial score (nSPS) is 27.5. The molecule has 0 aromatic heterocycles. The molecule has 1 saturated carbocycles. The van der Waals surface area contributed by atoms with Crippen molar-refractivity contribution in [1.82, 2.24) is 10.2 Å². The molecule has 1 N–H and O–H groups in total. The summed E-state index contributed by atoms with van der Waals surface area (Å²) in [5, 5.41) is 3.09. The molecule has 1 heterocycles. The molecular formula is C14H24N2O2. The third kappa shape index (κ3) is 2.68. The fraction of sp³-hybridized carbons (Fsp3) is 0.857. The lowest BCUT2D eigenvalue weighted by Crippen LogP contribution is -2.61. The van der Waals surface area contributed by atoms with Crippen molar-refractivity contribution >= 4 is 11.8 Å². The van der Waals surface area contributed by atoms with Crippen LogP contribution in [0.25, 0.3) is 0 Å². The molecule has 1 aliphatic carbocycles. The summed E-state index contributed by atoms with van der Waals surface area (Å²) in [4.78, 5) is 25.1. The van der Waals surface area contributed by atoms with Gasteiger partial charge >= 0.3 is 0 Å². The smallest absolute Gasteiger partial charge is 0.223 e. The van der Waals surface area contributed by atoms with E-state index in [1.807, 2.05) is 0 Å². The first kappa shape index (κ1) is 13.4. The molecule has 102 valence electrons. The van der Waals surface area contributed by atoms with Crippen molar-refractivity contribution in [3.63, 3.8) is 0 Å². The van der Waals surface area contributed by atoms with Gasteiger partial charge in [-0.15, -0.1) is 0 Å². The Bertz CT molecular complexity index is 346. The SMILES string of the molecule is CC(=O)N1CC(NC(=O)C2CCCCC2(C)C)C1. The number of amides is 2. The highest BCUT2D eigenvalue weighted by Crippen LogP contribution is 2.40. The molecular weight excluding hydrogens is 228 g/mol. The minimum absolute atomic E-state index is 0.0958. The van der Waals surface area contributed by atoms with Gasteiger partial charge in [-0.1, -0.05) is 26.7 Å².